The molecular formula is C34H40ClN3O7. The maximum absolute atomic E-state index is 12.4. The number of anilines is 1. The van der Waals surface area contributed by atoms with Crippen LogP contribution in [-0.4, -0.2) is 66.0 Å². The van der Waals surface area contributed by atoms with Crippen molar-refractivity contribution in [1.29, 1.82) is 0 Å². The lowest BCUT2D eigenvalue weighted by Crippen LogP contribution is -2.46. The van der Waals surface area contributed by atoms with Crippen LogP contribution in [0.5, 0.6) is 0 Å². The van der Waals surface area contributed by atoms with Gasteiger partial charge in [-0.2, -0.15) is 0 Å². The van der Waals surface area contributed by atoms with E-state index in [1.165, 1.54) is 0 Å². The highest BCUT2D eigenvalue weighted by Crippen LogP contribution is 2.40. The third-order valence-corrected chi connectivity index (χ3v) is 8.51. The van der Waals surface area contributed by atoms with Crippen LogP contribution >= 0.6 is 11.6 Å². The van der Waals surface area contributed by atoms with E-state index < -0.39 is 23.9 Å². The summed E-state index contributed by atoms with van der Waals surface area (Å²) in [6.45, 7) is 3.75. The fourth-order valence-electron chi connectivity index (χ4n) is 5.78. The van der Waals surface area contributed by atoms with Gasteiger partial charge in [0.1, 0.15) is 6.54 Å². The molecule has 2 fully saturated rings. The van der Waals surface area contributed by atoms with Crippen molar-refractivity contribution in [1.82, 2.24) is 10.2 Å². The minimum absolute atomic E-state index is 0.0371. The molecule has 2 aliphatic rings. The maximum atomic E-state index is 12.4. The molecule has 0 radical (unpaired) electrons. The number of hydrogen-bond acceptors (Lipinski definition) is 8. The Morgan fingerprint density at radius 3 is 2.44 bits per heavy atom. The van der Waals surface area contributed by atoms with Crippen molar-refractivity contribution in [3.8, 4) is 0 Å². The Balaban J connectivity index is 1.27. The Morgan fingerprint density at radius 2 is 1.76 bits per heavy atom. The minimum atomic E-state index is -0.896. The molecule has 0 saturated carbocycles. The molecule has 3 unspecified atom stereocenters. The van der Waals surface area contributed by atoms with Crippen molar-refractivity contribution in [2.24, 2.45) is 0 Å². The van der Waals surface area contributed by atoms with Crippen LogP contribution in [-0.2, 0) is 31.2 Å². The highest BCUT2D eigenvalue weighted by Gasteiger charge is 2.37. The first kappa shape index (κ1) is 32.9. The second-order valence-electron chi connectivity index (χ2n) is 11.4. The van der Waals surface area contributed by atoms with E-state index >= 15 is 0 Å². The average molecular weight is 638 g/mol. The number of benzene rings is 3. The van der Waals surface area contributed by atoms with Crippen molar-refractivity contribution in [2.45, 2.75) is 56.9 Å². The first-order valence-electron chi connectivity index (χ1n) is 15.3. The van der Waals surface area contributed by atoms with Crippen LogP contribution in [0.4, 0.5) is 10.5 Å². The van der Waals surface area contributed by atoms with Crippen LogP contribution in [0.3, 0.4) is 0 Å². The topological polar surface area (TPSA) is 130 Å². The monoisotopic (exact) mass is 637 g/mol. The van der Waals surface area contributed by atoms with Gasteiger partial charge in [0.25, 0.3) is 0 Å². The summed E-state index contributed by atoms with van der Waals surface area (Å²) in [7, 11) is 0. The van der Waals surface area contributed by atoms with Gasteiger partial charge in [-0.3, -0.25) is 4.79 Å². The molecule has 10 nitrogen and oxygen atoms in total. The van der Waals surface area contributed by atoms with E-state index in [1.54, 1.807) is 25.1 Å². The molecule has 0 bridgehead atoms. The SMILES string of the molecule is CCOC(=O)CNC(=O)Nc1cccc(C2OC(CN3CCC(O)(c4ccc(Cl)cc4)CC3)CC(c3ccc(CO)cc3)O2)c1. The summed E-state index contributed by atoms with van der Waals surface area (Å²) in [6.07, 6.45) is 0.685. The fraction of sp³-hybridized carbons (Fsp3) is 0.412. The number of aliphatic hydroxyl groups is 2. The van der Waals surface area contributed by atoms with Crippen molar-refractivity contribution in [2.75, 3.05) is 38.1 Å². The Bertz CT molecular complexity index is 1430. The molecule has 0 aromatic heterocycles. The zero-order valence-electron chi connectivity index (χ0n) is 25.3. The number of ether oxygens (including phenoxy) is 3. The first-order chi connectivity index (χ1) is 21.7. The number of halogens is 1. The molecule has 2 aliphatic heterocycles. The van der Waals surface area contributed by atoms with Crippen LogP contribution < -0.4 is 10.6 Å². The van der Waals surface area contributed by atoms with E-state index in [0.29, 0.717) is 49.6 Å². The predicted octanol–water partition coefficient (Wildman–Crippen LogP) is 5.05. The van der Waals surface area contributed by atoms with Gasteiger partial charge >= 0.3 is 12.0 Å². The maximum Gasteiger partial charge on any atom is 0.325 e. The summed E-state index contributed by atoms with van der Waals surface area (Å²) in [5.74, 6) is -0.516. The van der Waals surface area contributed by atoms with Gasteiger partial charge in [-0.15, -0.1) is 0 Å². The van der Waals surface area contributed by atoms with E-state index in [4.69, 9.17) is 25.8 Å². The number of piperidine rings is 1. The van der Waals surface area contributed by atoms with E-state index in [9.17, 15) is 19.8 Å². The van der Waals surface area contributed by atoms with Gasteiger partial charge in [0.05, 0.1) is 31.0 Å². The van der Waals surface area contributed by atoms with E-state index in [-0.39, 0.29) is 32.0 Å². The van der Waals surface area contributed by atoms with Crippen molar-refractivity contribution in [3.63, 3.8) is 0 Å². The molecule has 240 valence electrons. The van der Waals surface area contributed by atoms with Crippen molar-refractivity contribution in [3.05, 3.63) is 100 Å². The molecular weight excluding hydrogens is 598 g/mol. The second-order valence-corrected chi connectivity index (χ2v) is 11.9. The Labute approximate surface area is 268 Å². The van der Waals surface area contributed by atoms with Gasteiger partial charge in [-0.25, -0.2) is 4.79 Å². The van der Waals surface area contributed by atoms with Gasteiger partial charge in [0, 0.05) is 42.3 Å². The average Bonchev–Trinajstić information content (AvgIpc) is 3.05. The zero-order chi connectivity index (χ0) is 31.8. The van der Waals surface area contributed by atoms with Gasteiger partial charge in [0.15, 0.2) is 6.29 Å². The van der Waals surface area contributed by atoms with E-state index in [0.717, 1.165) is 22.3 Å². The summed E-state index contributed by atoms with van der Waals surface area (Å²) < 4.78 is 17.8. The number of rotatable bonds is 10. The number of carbonyl (C=O) groups is 2. The van der Waals surface area contributed by atoms with E-state index in [2.05, 4.69) is 15.5 Å². The summed E-state index contributed by atoms with van der Waals surface area (Å²) >= 11 is 6.06. The molecule has 0 spiro atoms. The van der Waals surface area contributed by atoms with Crippen LogP contribution in [0.1, 0.15) is 60.8 Å². The molecule has 2 heterocycles. The molecule has 3 aromatic rings. The number of nitrogens with zero attached hydrogens (tertiary/aromatic N) is 1. The summed E-state index contributed by atoms with van der Waals surface area (Å²) in [6, 6.07) is 21.8. The molecule has 5 rings (SSSR count). The van der Waals surface area contributed by atoms with Gasteiger partial charge in [0.2, 0.25) is 0 Å². The number of hydrogen-bond donors (Lipinski definition) is 4. The predicted molar refractivity (Wildman–Crippen MR) is 170 cm³/mol. The molecule has 2 saturated heterocycles. The number of esters is 1. The first-order valence-corrected chi connectivity index (χ1v) is 15.6. The summed E-state index contributed by atoms with van der Waals surface area (Å²) in [5.41, 5.74) is 3.03. The fourth-order valence-corrected chi connectivity index (χ4v) is 5.90. The number of aliphatic hydroxyl groups excluding tert-OH is 1. The lowest BCUT2D eigenvalue weighted by Gasteiger charge is -2.42. The highest BCUT2D eigenvalue weighted by atomic mass is 35.5. The molecule has 3 atom stereocenters. The van der Waals surface area contributed by atoms with Crippen LogP contribution in [0, 0.1) is 0 Å². The lowest BCUT2D eigenvalue weighted by molar-refractivity contribution is -0.253. The summed E-state index contributed by atoms with van der Waals surface area (Å²) in [4.78, 5) is 26.3. The third kappa shape index (κ3) is 8.82. The minimum Gasteiger partial charge on any atom is -0.465 e. The highest BCUT2D eigenvalue weighted by molar-refractivity contribution is 6.30. The molecule has 4 N–H and O–H groups in total. The zero-order valence-corrected chi connectivity index (χ0v) is 26.0. The molecule has 11 heteroatoms. The molecule has 0 aliphatic carbocycles. The Hall–Kier alpha value is -3.51. The number of carbonyl (C=O) groups excluding carboxylic acids is 2. The molecule has 45 heavy (non-hydrogen) atoms. The van der Waals surface area contributed by atoms with E-state index in [1.807, 2.05) is 54.6 Å². The largest absolute Gasteiger partial charge is 0.465 e. The van der Waals surface area contributed by atoms with Crippen molar-refractivity contribution < 1.29 is 34.0 Å². The third-order valence-electron chi connectivity index (χ3n) is 8.26. The second kappa shape index (κ2) is 15.2. The Morgan fingerprint density at radius 1 is 1.02 bits per heavy atom. The quantitative estimate of drug-likeness (QED) is 0.228. The number of nitrogens with one attached hydrogen (secondary N) is 2. The normalized spacial score (nSPS) is 21.6. The number of amides is 2. The molecule has 2 amide bonds. The van der Waals surface area contributed by atoms with Gasteiger partial charge in [-0.05, 0) is 60.7 Å². The Kier molecular flexibility index (Phi) is 11.1. The lowest BCUT2D eigenvalue weighted by atomic mass is 9.84. The number of likely N-dealkylation sites (tertiary alicyclic amines) is 1. The standard InChI is InChI=1S/C34H40ClN3O7/c1-2-43-31(40)20-36-33(41)37-28-5-3-4-25(18-28)32-44-29(19-30(45-32)24-8-6-23(22-39)7-9-24)21-38-16-14-34(42,15-17-38)26-10-12-27(35)13-11-26/h3-13,18,29-30,32,39,42H,2,14-17,19-22H2,1H3,(H2,36,37,41). The van der Waals surface area contributed by atoms with Crippen LogP contribution in [0.2, 0.25) is 5.02 Å². The summed E-state index contributed by atoms with van der Waals surface area (Å²) in [5, 5.41) is 26.7. The molecule has 3 aromatic carbocycles. The van der Waals surface area contributed by atoms with Gasteiger partial charge < -0.3 is 40.0 Å². The van der Waals surface area contributed by atoms with Crippen molar-refractivity contribution >= 4 is 29.3 Å². The number of urea groups is 1. The van der Waals surface area contributed by atoms with Crippen LogP contribution in [0.15, 0.2) is 72.8 Å². The smallest absolute Gasteiger partial charge is 0.325 e. The van der Waals surface area contributed by atoms with Gasteiger partial charge in [-0.1, -0.05) is 60.1 Å². The van der Waals surface area contributed by atoms with Crippen LogP contribution in [0.25, 0.3) is 0 Å².